The molecule has 0 radical (unpaired) electrons. The second-order valence-electron chi connectivity index (χ2n) is 19.4. The van der Waals surface area contributed by atoms with Gasteiger partial charge >= 0.3 is 0 Å². The van der Waals surface area contributed by atoms with Gasteiger partial charge in [0.1, 0.15) is 0 Å². The number of hydrogen-bond donors (Lipinski definition) is 0. The lowest BCUT2D eigenvalue weighted by Crippen LogP contribution is -2.16. The minimum atomic E-state index is -0.126. The maximum atomic E-state index is 2.42. The van der Waals surface area contributed by atoms with Gasteiger partial charge in [-0.1, -0.05) is 198 Å². The van der Waals surface area contributed by atoms with Crippen LogP contribution >= 0.6 is 0 Å². The van der Waals surface area contributed by atoms with Gasteiger partial charge in [0.15, 0.2) is 0 Å². The van der Waals surface area contributed by atoms with Crippen LogP contribution in [0, 0.1) is 0 Å². The van der Waals surface area contributed by atoms with E-state index in [4.69, 9.17) is 0 Å². The number of rotatable bonds is 9. The van der Waals surface area contributed by atoms with Gasteiger partial charge in [-0.2, -0.15) is 0 Å². The lowest BCUT2D eigenvalue weighted by Gasteiger charge is -2.29. The first-order valence-corrected chi connectivity index (χ1v) is 23.8. The Morgan fingerprint density at radius 2 is 0.529 bits per heavy atom. The van der Waals surface area contributed by atoms with Gasteiger partial charge in [0.25, 0.3) is 0 Å². The molecule has 0 atom stereocenters. The summed E-state index contributed by atoms with van der Waals surface area (Å²) < 4.78 is 0. The molecule has 2 aliphatic rings. The Labute approximate surface area is 401 Å². The van der Waals surface area contributed by atoms with Crippen molar-refractivity contribution < 1.29 is 0 Å². The standard InChI is InChI=1S/C66H52N2/c1-65(2)61-27-13-11-25-57(61)59-39-37-55(43-63(59)65)67(51-33-29-47(30-34-51)45-17-7-5-8-18-45)53-23-15-21-49(41-53)50-22-16-24-54(42-50)68(52-35-31-48(32-36-52)46-19-9-6-10-20-46)56-38-40-60-58-26-12-14-28-62(58)66(3,4)64(60)44-56/h5-44H,1-4H3. The van der Waals surface area contributed by atoms with E-state index in [1.54, 1.807) is 0 Å². The highest BCUT2D eigenvalue weighted by atomic mass is 15.1. The minimum Gasteiger partial charge on any atom is -0.310 e. The fourth-order valence-corrected chi connectivity index (χ4v) is 11.1. The molecular formula is C66H52N2. The van der Waals surface area contributed by atoms with Crippen LogP contribution in [0.4, 0.5) is 34.1 Å². The summed E-state index contributed by atoms with van der Waals surface area (Å²) >= 11 is 0. The summed E-state index contributed by atoms with van der Waals surface area (Å²) in [6, 6.07) is 89.3. The molecule has 2 heteroatoms. The SMILES string of the molecule is CC1(C)c2ccccc2-c2ccc(N(c3ccc(-c4ccccc4)cc3)c3cccc(-c4cccc(N(c5ccc(-c6ccccc6)cc5)c5ccc6c(c5)C(C)(C)c5ccccc5-6)c4)c3)cc21. The molecule has 0 saturated carbocycles. The fraction of sp³-hybridized carbons (Fsp3) is 0.0909. The van der Waals surface area contributed by atoms with E-state index in [-0.39, 0.29) is 10.8 Å². The smallest absolute Gasteiger partial charge is 0.0467 e. The third-order valence-electron chi connectivity index (χ3n) is 14.7. The molecule has 326 valence electrons. The van der Waals surface area contributed by atoms with Crippen molar-refractivity contribution >= 4 is 34.1 Å². The topological polar surface area (TPSA) is 6.48 Å². The molecule has 0 amide bonds. The molecule has 2 nitrogen and oxygen atoms in total. The third-order valence-corrected chi connectivity index (χ3v) is 14.7. The summed E-state index contributed by atoms with van der Waals surface area (Å²) in [6.45, 7) is 9.43. The van der Waals surface area contributed by atoms with E-state index in [9.17, 15) is 0 Å². The Morgan fingerprint density at radius 1 is 0.221 bits per heavy atom. The molecule has 10 aromatic carbocycles. The Balaban J connectivity index is 0.966. The van der Waals surface area contributed by atoms with E-state index < -0.39 is 0 Å². The lowest BCUT2D eigenvalue weighted by atomic mass is 9.82. The van der Waals surface area contributed by atoms with Crippen molar-refractivity contribution in [2.24, 2.45) is 0 Å². The van der Waals surface area contributed by atoms with E-state index in [0.717, 1.165) is 45.3 Å². The number of benzene rings is 10. The highest BCUT2D eigenvalue weighted by Gasteiger charge is 2.37. The Morgan fingerprint density at radius 3 is 0.941 bits per heavy atom. The van der Waals surface area contributed by atoms with E-state index in [1.165, 1.54) is 66.8 Å². The van der Waals surface area contributed by atoms with Crippen LogP contribution in [-0.2, 0) is 10.8 Å². The lowest BCUT2D eigenvalue weighted by molar-refractivity contribution is 0.660. The van der Waals surface area contributed by atoms with Crippen LogP contribution in [0.3, 0.4) is 0 Å². The van der Waals surface area contributed by atoms with Crippen LogP contribution in [0.15, 0.2) is 243 Å². The molecule has 0 saturated heterocycles. The van der Waals surface area contributed by atoms with E-state index in [2.05, 4.69) is 280 Å². The molecule has 0 spiro atoms. The van der Waals surface area contributed by atoms with Crippen LogP contribution in [0.25, 0.3) is 55.6 Å². The number of fused-ring (bicyclic) bond motifs is 6. The first-order chi connectivity index (χ1) is 33.2. The van der Waals surface area contributed by atoms with Crippen molar-refractivity contribution in [1.82, 2.24) is 0 Å². The van der Waals surface area contributed by atoms with E-state index in [0.29, 0.717) is 0 Å². The van der Waals surface area contributed by atoms with Crippen molar-refractivity contribution in [2.75, 3.05) is 9.80 Å². The van der Waals surface area contributed by atoms with Gasteiger partial charge < -0.3 is 9.80 Å². The zero-order chi connectivity index (χ0) is 46.0. The molecular weight excluding hydrogens is 821 g/mol. The zero-order valence-electron chi connectivity index (χ0n) is 39.0. The molecule has 0 aromatic heterocycles. The first kappa shape index (κ1) is 41.2. The molecule has 0 N–H and O–H groups in total. The van der Waals surface area contributed by atoms with Crippen LogP contribution < -0.4 is 9.80 Å². The summed E-state index contributed by atoms with van der Waals surface area (Å²) in [7, 11) is 0. The van der Waals surface area contributed by atoms with Crippen molar-refractivity contribution in [3.63, 3.8) is 0 Å². The van der Waals surface area contributed by atoms with Gasteiger partial charge in [0.05, 0.1) is 0 Å². The monoisotopic (exact) mass is 872 g/mol. The van der Waals surface area contributed by atoms with Gasteiger partial charge in [0, 0.05) is 45.0 Å². The average Bonchev–Trinajstić information content (AvgIpc) is 3.76. The number of hydrogen-bond acceptors (Lipinski definition) is 2. The molecule has 0 heterocycles. The van der Waals surface area contributed by atoms with Gasteiger partial charge in [-0.05, 0) is 151 Å². The van der Waals surface area contributed by atoms with Crippen LogP contribution in [0.5, 0.6) is 0 Å². The zero-order valence-corrected chi connectivity index (χ0v) is 39.0. The quantitative estimate of drug-likeness (QED) is 0.143. The summed E-state index contributed by atoms with van der Waals surface area (Å²) in [5, 5.41) is 0. The Kier molecular flexibility index (Phi) is 9.88. The Hall–Kier alpha value is -8.20. The van der Waals surface area contributed by atoms with Gasteiger partial charge in [0.2, 0.25) is 0 Å². The molecule has 0 unspecified atom stereocenters. The molecule has 10 aromatic rings. The average molecular weight is 873 g/mol. The first-order valence-electron chi connectivity index (χ1n) is 23.8. The summed E-state index contributed by atoms with van der Waals surface area (Å²) in [6.07, 6.45) is 0. The molecule has 0 bridgehead atoms. The van der Waals surface area contributed by atoms with Crippen LogP contribution in [0.2, 0.25) is 0 Å². The number of anilines is 6. The van der Waals surface area contributed by atoms with Crippen molar-refractivity contribution in [1.29, 1.82) is 0 Å². The second kappa shape index (κ2) is 16.3. The molecule has 0 fully saturated rings. The van der Waals surface area contributed by atoms with Crippen LogP contribution in [0.1, 0.15) is 49.9 Å². The number of nitrogens with zero attached hydrogens (tertiary/aromatic N) is 2. The predicted octanol–water partition coefficient (Wildman–Crippen LogP) is 18.2. The second-order valence-corrected chi connectivity index (χ2v) is 19.4. The molecule has 2 aliphatic carbocycles. The van der Waals surface area contributed by atoms with Crippen molar-refractivity contribution in [3.05, 3.63) is 265 Å². The summed E-state index contributed by atoms with van der Waals surface area (Å²) in [4.78, 5) is 4.85. The van der Waals surface area contributed by atoms with E-state index in [1.807, 2.05) is 0 Å². The highest BCUT2D eigenvalue weighted by Crippen LogP contribution is 2.52. The van der Waals surface area contributed by atoms with Gasteiger partial charge in [-0.25, -0.2) is 0 Å². The summed E-state index contributed by atoms with van der Waals surface area (Å²) in [5.74, 6) is 0. The third kappa shape index (κ3) is 6.95. The fourth-order valence-electron chi connectivity index (χ4n) is 11.1. The normalized spacial score (nSPS) is 13.5. The van der Waals surface area contributed by atoms with E-state index >= 15 is 0 Å². The summed E-state index contributed by atoms with van der Waals surface area (Å²) in [5.41, 5.74) is 24.3. The van der Waals surface area contributed by atoms with Crippen molar-refractivity contribution in [3.8, 4) is 55.6 Å². The maximum absolute atomic E-state index is 2.42. The maximum Gasteiger partial charge on any atom is 0.0467 e. The minimum absolute atomic E-state index is 0.126. The molecule has 68 heavy (non-hydrogen) atoms. The molecule has 12 rings (SSSR count). The van der Waals surface area contributed by atoms with Gasteiger partial charge in [-0.15, -0.1) is 0 Å². The van der Waals surface area contributed by atoms with Crippen molar-refractivity contribution in [2.45, 2.75) is 38.5 Å². The predicted molar refractivity (Wildman–Crippen MR) is 287 cm³/mol. The Bertz CT molecular complexity index is 3260. The highest BCUT2D eigenvalue weighted by molar-refractivity contribution is 5.89. The van der Waals surface area contributed by atoms with Gasteiger partial charge in [-0.3, -0.25) is 0 Å². The van der Waals surface area contributed by atoms with Crippen LogP contribution in [-0.4, -0.2) is 0 Å². The molecule has 0 aliphatic heterocycles. The largest absolute Gasteiger partial charge is 0.310 e.